The maximum absolute atomic E-state index is 12.2. The maximum atomic E-state index is 12.2. The summed E-state index contributed by atoms with van der Waals surface area (Å²) >= 11 is 0. The van der Waals surface area contributed by atoms with Crippen molar-refractivity contribution in [1.82, 2.24) is 9.80 Å². The molecule has 0 bridgehead atoms. The molecular formula is C13H27N3O. The molecule has 1 rings (SSSR count). The molecule has 3 unspecified atom stereocenters. The quantitative estimate of drug-likeness (QED) is 0.796. The summed E-state index contributed by atoms with van der Waals surface area (Å²) in [5.41, 5.74) is 6.02. The van der Waals surface area contributed by atoms with E-state index in [2.05, 4.69) is 32.7 Å². The number of likely N-dealkylation sites (N-methyl/N-ethyl adjacent to an activating group) is 1. The highest BCUT2D eigenvalue weighted by atomic mass is 16.2. The van der Waals surface area contributed by atoms with E-state index in [0.717, 1.165) is 32.5 Å². The Morgan fingerprint density at radius 1 is 1.41 bits per heavy atom. The van der Waals surface area contributed by atoms with Gasteiger partial charge < -0.3 is 10.6 Å². The molecule has 4 heteroatoms. The van der Waals surface area contributed by atoms with Gasteiger partial charge in [-0.05, 0) is 19.4 Å². The predicted octanol–water partition coefficient (Wildman–Crippen LogP) is 0.912. The summed E-state index contributed by atoms with van der Waals surface area (Å²) in [5.74, 6) is 0.396. The third kappa shape index (κ3) is 3.42. The molecule has 2 N–H and O–H groups in total. The number of nitrogens with two attached hydrogens (primary N) is 1. The van der Waals surface area contributed by atoms with Crippen LogP contribution in [0.4, 0.5) is 0 Å². The Morgan fingerprint density at radius 2 is 2.06 bits per heavy atom. The highest BCUT2D eigenvalue weighted by Gasteiger charge is 2.30. The van der Waals surface area contributed by atoms with Gasteiger partial charge in [0, 0.05) is 25.7 Å². The second-order valence-corrected chi connectivity index (χ2v) is 5.24. The number of nitrogens with zero attached hydrogens (tertiary/aromatic N) is 2. The molecule has 17 heavy (non-hydrogen) atoms. The third-order valence-electron chi connectivity index (χ3n) is 4.10. The van der Waals surface area contributed by atoms with E-state index >= 15 is 0 Å². The smallest absolute Gasteiger partial charge is 0.239 e. The van der Waals surface area contributed by atoms with Crippen LogP contribution in [0.15, 0.2) is 0 Å². The molecule has 0 spiro atoms. The zero-order valence-corrected chi connectivity index (χ0v) is 11.6. The minimum absolute atomic E-state index is 0.130. The van der Waals surface area contributed by atoms with E-state index in [1.807, 2.05) is 4.90 Å². The first-order chi connectivity index (χ1) is 8.01. The van der Waals surface area contributed by atoms with E-state index in [1.165, 1.54) is 0 Å². The van der Waals surface area contributed by atoms with Crippen molar-refractivity contribution in [2.24, 2.45) is 11.7 Å². The van der Waals surface area contributed by atoms with Gasteiger partial charge in [-0.2, -0.15) is 0 Å². The molecule has 1 aliphatic rings. The van der Waals surface area contributed by atoms with Crippen molar-refractivity contribution in [3.63, 3.8) is 0 Å². The highest BCUT2D eigenvalue weighted by molar-refractivity contribution is 5.82. The largest absolute Gasteiger partial charge is 0.338 e. The lowest BCUT2D eigenvalue weighted by Gasteiger charge is -2.40. The Balaban J connectivity index is 2.58. The monoisotopic (exact) mass is 241 g/mol. The summed E-state index contributed by atoms with van der Waals surface area (Å²) in [5, 5.41) is 0. The van der Waals surface area contributed by atoms with Crippen molar-refractivity contribution in [2.75, 3.05) is 26.7 Å². The lowest BCUT2D eigenvalue weighted by atomic mass is 9.98. The van der Waals surface area contributed by atoms with Crippen molar-refractivity contribution in [3.05, 3.63) is 0 Å². The number of piperazine rings is 1. The average molecular weight is 241 g/mol. The molecule has 4 nitrogen and oxygen atoms in total. The Labute approximate surface area is 105 Å². The molecule has 1 saturated heterocycles. The van der Waals surface area contributed by atoms with Gasteiger partial charge in [-0.3, -0.25) is 9.69 Å². The SMILES string of the molecule is CCC(C)C(N)C(=O)N1CCN(C)C(CC)C1. The average Bonchev–Trinajstić information content (AvgIpc) is 2.36. The first kappa shape index (κ1) is 14.5. The van der Waals surface area contributed by atoms with Crippen molar-refractivity contribution >= 4 is 5.91 Å². The summed E-state index contributed by atoms with van der Waals surface area (Å²) in [6, 6.07) is 0.151. The maximum Gasteiger partial charge on any atom is 0.239 e. The predicted molar refractivity (Wildman–Crippen MR) is 70.7 cm³/mol. The van der Waals surface area contributed by atoms with Gasteiger partial charge in [0.25, 0.3) is 0 Å². The van der Waals surface area contributed by atoms with Crippen LogP contribution >= 0.6 is 0 Å². The number of carbonyl (C=O) groups is 1. The molecule has 1 amide bonds. The van der Waals surface area contributed by atoms with E-state index < -0.39 is 0 Å². The van der Waals surface area contributed by atoms with E-state index in [0.29, 0.717) is 6.04 Å². The summed E-state index contributed by atoms with van der Waals surface area (Å²) in [6.45, 7) is 8.90. The van der Waals surface area contributed by atoms with Crippen LogP contribution in [0.2, 0.25) is 0 Å². The van der Waals surface area contributed by atoms with Gasteiger partial charge in [-0.1, -0.05) is 27.2 Å². The molecule has 0 aromatic carbocycles. The minimum atomic E-state index is -0.332. The van der Waals surface area contributed by atoms with E-state index in [4.69, 9.17) is 5.73 Å². The number of amides is 1. The third-order valence-corrected chi connectivity index (χ3v) is 4.10. The normalized spacial score (nSPS) is 25.7. The van der Waals surface area contributed by atoms with Crippen LogP contribution in [0.5, 0.6) is 0 Å². The van der Waals surface area contributed by atoms with Gasteiger partial charge in [0.1, 0.15) is 0 Å². The summed E-state index contributed by atoms with van der Waals surface area (Å²) < 4.78 is 0. The lowest BCUT2D eigenvalue weighted by Crippen LogP contribution is -2.57. The lowest BCUT2D eigenvalue weighted by molar-refractivity contribution is -0.136. The molecular weight excluding hydrogens is 214 g/mol. The van der Waals surface area contributed by atoms with Gasteiger partial charge >= 0.3 is 0 Å². The van der Waals surface area contributed by atoms with Crippen LogP contribution in [-0.4, -0.2) is 54.5 Å². The van der Waals surface area contributed by atoms with Crippen molar-refractivity contribution in [1.29, 1.82) is 0 Å². The fourth-order valence-corrected chi connectivity index (χ4v) is 2.30. The zero-order chi connectivity index (χ0) is 13.0. The van der Waals surface area contributed by atoms with Gasteiger partial charge in [-0.25, -0.2) is 0 Å². The molecule has 0 aromatic heterocycles. The van der Waals surface area contributed by atoms with Crippen LogP contribution in [-0.2, 0) is 4.79 Å². The molecule has 0 aromatic rings. The van der Waals surface area contributed by atoms with Gasteiger partial charge in [0.15, 0.2) is 0 Å². The van der Waals surface area contributed by atoms with Crippen LogP contribution in [0.3, 0.4) is 0 Å². The topological polar surface area (TPSA) is 49.6 Å². The summed E-state index contributed by atoms with van der Waals surface area (Å²) in [7, 11) is 2.13. The molecule has 1 aliphatic heterocycles. The van der Waals surface area contributed by atoms with Crippen molar-refractivity contribution in [3.8, 4) is 0 Å². The van der Waals surface area contributed by atoms with Gasteiger partial charge in [-0.15, -0.1) is 0 Å². The Morgan fingerprint density at radius 3 is 2.59 bits per heavy atom. The van der Waals surface area contributed by atoms with E-state index in [1.54, 1.807) is 0 Å². The summed E-state index contributed by atoms with van der Waals surface area (Å²) in [4.78, 5) is 16.5. The number of hydrogen-bond acceptors (Lipinski definition) is 3. The van der Waals surface area contributed by atoms with Crippen molar-refractivity contribution < 1.29 is 4.79 Å². The fraction of sp³-hybridized carbons (Fsp3) is 0.923. The van der Waals surface area contributed by atoms with Crippen LogP contribution in [0.25, 0.3) is 0 Å². The number of hydrogen-bond donors (Lipinski definition) is 1. The molecule has 0 radical (unpaired) electrons. The fourth-order valence-electron chi connectivity index (χ4n) is 2.30. The number of rotatable bonds is 4. The second kappa shape index (κ2) is 6.36. The molecule has 1 heterocycles. The second-order valence-electron chi connectivity index (χ2n) is 5.24. The standard InChI is InChI=1S/C13H27N3O/c1-5-10(3)12(14)13(17)16-8-7-15(4)11(6-2)9-16/h10-12H,5-9,14H2,1-4H3. The Hall–Kier alpha value is -0.610. The zero-order valence-electron chi connectivity index (χ0n) is 11.6. The minimum Gasteiger partial charge on any atom is -0.338 e. The van der Waals surface area contributed by atoms with Gasteiger partial charge in [0.2, 0.25) is 5.91 Å². The Kier molecular flexibility index (Phi) is 5.40. The van der Waals surface area contributed by atoms with Crippen LogP contribution in [0.1, 0.15) is 33.6 Å². The molecule has 0 aliphatic carbocycles. The highest BCUT2D eigenvalue weighted by Crippen LogP contribution is 2.14. The molecule has 0 saturated carbocycles. The Bertz CT molecular complexity index is 257. The first-order valence-corrected chi connectivity index (χ1v) is 6.75. The number of carbonyl (C=O) groups excluding carboxylic acids is 1. The van der Waals surface area contributed by atoms with E-state index in [9.17, 15) is 4.79 Å². The molecule has 3 atom stereocenters. The summed E-state index contributed by atoms with van der Waals surface area (Å²) in [6.07, 6.45) is 2.04. The van der Waals surface area contributed by atoms with Crippen LogP contribution in [0, 0.1) is 5.92 Å². The van der Waals surface area contributed by atoms with E-state index in [-0.39, 0.29) is 17.9 Å². The molecule has 100 valence electrons. The van der Waals surface area contributed by atoms with Crippen LogP contribution < -0.4 is 5.73 Å². The first-order valence-electron chi connectivity index (χ1n) is 6.75. The van der Waals surface area contributed by atoms with Crippen molar-refractivity contribution in [2.45, 2.75) is 45.7 Å². The van der Waals surface area contributed by atoms with Gasteiger partial charge in [0.05, 0.1) is 6.04 Å². The molecule has 1 fully saturated rings.